The Labute approximate surface area is 438 Å². The molecule has 75 heavy (non-hydrogen) atoms. The zero-order chi connectivity index (χ0) is 55.5. The Morgan fingerprint density at radius 1 is 0.720 bits per heavy atom. The Hall–Kier alpha value is -5.33. The Bertz CT molecular complexity index is 2110. The minimum Gasteiger partial charge on any atom is -0.508 e. The Morgan fingerprint density at radius 2 is 1.29 bits per heavy atom. The van der Waals surface area contributed by atoms with Crippen LogP contribution in [0.2, 0.25) is 0 Å². The molecule has 3 saturated heterocycles. The van der Waals surface area contributed by atoms with Crippen LogP contribution in [-0.2, 0) is 33.6 Å². The van der Waals surface area contributed by atoms with Crippen LogP contribution in [0.5, 0.6) is 5.75 Å². The molecule has 1 aromatic carbocycles. The number of nitrogens with zero attached hydrogens (tertiary/aromatic N) is 2. The lowest BCUT2D eigenvalue weighted by Gasteiger charge is -2.33. The van der Waals surface area contributed by atoms with Crippen molar-refractivity contribution in [2.75, 3.05) is 13.1 Å². The maximum atomic E-state index is 14.4. The van der Waals surface area contributed by atoms with Crippen LogP contribution in [0.3, 0.4) is 0 Å². The number of fused-ring (bicyclic) bond motifs is 2. The van der Waals surface area contributed by atoms with E-state index in [1.54, 1.807) is 0 Å². The van der Waals surface area contributed by atoms with E-state index in [1.807, 2.05) is 0 Å². The van der Waals surface area contributed by atoms with Gasteiger partial charge in [-0.2, -0.15) is 0 Å². The predicted molar refractivity (Wildman–Crippen MR) is 272 cm³/mol. The second-order valence-electron chi connectivity index (χ2n) is 20.4. The van der Waals surface area contributed by atoms with Crippen molar-refractivity contribution in [3.8, 4) is 5.75 Å². The van der Waals surface area contributed by atoms with Gasteiger partial charge >= 0.3 is 0 Å². The third-order valence-electron chi connectivity index (χ3n) is 14.2. The number of carbonyl (C=O) groups is 7. The van der Waals surface area contributed by atoms with Crippen LogP contribution >= 0.6 is 0 Å². The van der Waals surface area contributed by atoms with E-state index >= 15 is 0 Å². The fourth-order valence-corrected chi connectivity index (χ4v) is 9.67. The number of hydrogen-bond donors (Lipinski definition) is 13. The van der Waals surface area contributed by atoms with Crippen molar-refractivity contribution in [1.82, 2.24) is 31.1 Å². The number of aliphatic hydroxyl groups is 8. The van der Waals surface area contributed by atoms with Crippen molar-refractivity contribution in [3.63, 3.8) is 0 Å². The fourth-order valence-electron chi connectivity index (χ4n) is 9.67. The molecule has 6 amide bonds. The van der Waals surface area contributed by atoms with Crippen LogP contribution < -0.4 is 21.3 Å². The molecule has 0 radical (unpaired) electrons. The van der Waals surface area contributed by atoms with Gasteiger partial charge in [0.2, 0.25) is 35.4 Å². The summed E-state index contributed by atoms with van der Waals surface area (Å²) in [6, 6.07) is -4.08. The number of nitrogens with one attached hydrogen (secondary N) is 4. The molecule has 420 valence electrons. The monoisotopic (exact) mass is 1060 g/mol. The zero-order valence-corrected chi connectivity index (χ0v) is 43.6. The Morgan fingerprint density at radius 3 is 1.91 bits per heavy atom. The minimum absolute atomic E-state index is 0.0214. The molecule has 3 fully saturated rings. The minimum atomic E-state index is -2.22. The van der Waals surface area contributed by atoms with Crippen molar-refractivity contribution in [3.05, 3.63) is 54.1 Å². The van der Waals surface area contributed by atoms with E-state index in [2.05, 4.69) is 52.5 Å². The van der Waals surface area contributed by atoms with E-state index in [0.29, 0.717) is 12.8 Å². The highest BCUT2D eigenvalue weighted by atomic mass is 16.3. The van der Waals surface area contributed by atoms with Crippen molar-refractivity contribution in [2.45, 2.75) is 203 Å². The molecule has 1 aromatic rings. The lowest BCUT2D eigenvalue weighted by molar-refractivity contribution is -0.149. The summed E-state index contributed by atoms with van der Waals surface area (Å²) < 4.78 is 0. The number of aromatic hydroxyl groups is 1. The standard InChI is InChI=1S/C53H82N6O16/c1-5-6-7-8-9-10-11-12-13-14-15-16-17-18-19-20-41(66)54-37-27-40(65)50(72)57-51(73)44-45(67)30(2)28-59(44)53(75)43(32(4)61)55-48(70)36(47(69)46(68)33-21-23-34(62)24-22-33)26-39(64)38-25-35(63)29-58(38)52(74)42(31(3)60)56-49(37)71/h9-10,12-13,21-24,30-32,35-38,40,42-47,50,60-63,65,67-69,72H,5-8,11,14-20,25-29H2,1-4H3,(H,54,66)(H,55,70)(H,56,71)(H,57,73)/b10-9+,13-12+/t30-,31+,32+,35+,36-,37-,38-,40+,42-,43-,44-,45-,46-,47-,50+/m0/s1. The molecule has 0 bridgehead atoms. The molecule has 13 N–H and O–H groups in total. The molecule has 0 unspecified atom stereocenters. The Balaban J connectivity index is 1.62. The smallest absolute Gasteiger partial charge is 0.248 e. The predicted octanol–water partition coefficient (Wildman–Crippen LogP) is -0.240. The lowest BCUT2D eigenvalue weighted by Crippen LogP contribution is -2.61. The number of phenols is 1. The number of hydrogen-bond acceptors (Lipinski definition) is 16. The molecule has 3 aliphatic rings. The summed E-state index contributed by atoms with van der Waals surface area (Å²) in [6.07, 6.45) is 1.94. The number of Topliss-reactive ketones (excluding diaryl/α,β-unsaturated/α-hetero) is 1. The number of unbranched alkanes of at least 4 members (excludes halogenated alkanes) is 8. The number of amides is 6. The van der Waals surface area contributed by atoms with Gasteiger partial charge in [0.15, 0.2) is 12.0 Å². The van der Waals surface area contributed by atoms with Crippen LogP contribution in [0.25, 0.3) is 0 Å². The molecule has 22 heteroatoms. The van der Waals surface area contributed by atoms with E-state index < -0.39 is 158 Å². The van der Waals surface area contributed by atoms with Gasteiger partial charge < -0.3 is 77.0 Å². The second-order valence-corrected chi connectivity index (χ2v) is 20.4. The van der Waals surface area contributed by atoms with Crippen LogP contribution in [0.4, 0.5) is 0 Å². The summed E-state index contributed by atoms with van der Waals surface area (Å²) in [6.45, 7) is 5.07. The average Bonchev–Trinajstić information content (AvgIpc) is 3.91. The molecule has 22 nitrogen and oxygen atoms in total. The number of aliphatic hydroxyl groups excluding tert-OH is 8. The van der Waals surface area contributed by atoms with Gasteiger partial charge in [-0.3, -0.25) is 33.6 Å². The molecule has 15 atom stereocenters. The van der Waals surface area contributed by atoms with Gasteiger partial charge in [0.05, 0.1) is 42.5 Å². The summed E-state index contributed by atoms with van der Waals surface area (Å²) >= 11 is 0. The zero-order valence-electron chi connectivity index (χ0n) is 43.6. The second kappa shape index (κ2) is 30.4. The summed E-state index contributed by atoms with van der Waals surface area (Å²) in [5, 5.41) is 109. The molecular formula is C53H82N6O16. The number of carbonyl (C=O) groups excluding carboxylic acids is 7. The van der Waals surface area contributed by atoms with E-state index in [0.717, 1.165) is 62.2 Å². The highest BCUT2D eigenvalue weighted by Gasteiger charge is 2.50. The van der Waals surface area contributed by atoms with Gasteiger partial charge in [0, 0.05) is 44.7 Å². The molecule has 0 saturated carbocycles. The molecular weight excluding hydrogens is 977 g/mol. The van der Waals surface area contributed by atoms with Gasteiger partial charge in [-0.1, -0.05) is 82.4 Å². The first-order valence-electron chi connectivity index (χ1n) is 26.4. The quantitative estimate of drug-likeness (QED) is 0.0592. The number of rotatable bonds is 20. The van der Waals surface area contributed by atoms with Gasteiger partial charge in [0.1, 0.15) is 42.1 Å². The summed E-state index contributed by atoms with van der Waals surface area (Å²) in [5.74, 6) is -10.5. The Kier molecular flexibility index (Phi) is 25.2. The van der Waals surface area contributed by atoms with Gasteiger partial charge in [-0.15, -0.1) is 0 Å². The molecule has 0 aliphatic carbocycles. The molecule has 0 aromatic heterocycles. The van der Waals surface area contributed by atoms with E-state index in [4.69, 9.17) is 0 Å². The van der Waals surface area contributed by atoms with Gasteiger partial charge in [0.25, 0.3) is 0 Å². The summed E-state index contributed by atoms with van der Waals surface area (Å²) in [7, 11) is 0. The molecule has 0 spiro atoms. The van der Waals surface area contributed by atoms with E-state index in [-0.39, 0.29) is 24.3 Å². The van der Waals surface area contributed by atoms with E-state index in [1.165, 1.54) is 50.5 Å². The fraction of sp³-hybridized carbons (Fsp3) is 0.679. The number of benzene rings is 1. The van der Waals surface area contributed by atoms with Crippen molar-refractivity contribution < 1.29 is 79.5 Å². The van der Waals surface area contributed by atoms with Crippen molar-refractivity contribution in [2.24, 2.45) is 11.8 Å². The molecule has 3 heterocycles. The third-order valence-corrected chi connectivity index (χ3v) is 14.2. The topological polar surface area (TPSA) is 356 Å². The number of phenolic OH excluding ortho intramolecular Hbond substituents is 1. The SMILES string of the molecule is CCCCC/C=C/C/C=C/CCCCCCCC(=O)N[C@H]1C[C@@H](O)[C@@H](O)NC(=O)[C@@H]2[C@@H](O)[C@@H](C)CN2C(=O)[C@H]([C@@H](C)O)NC(=O)[C@H]([C@H](O)[C@@H](O)c2ccc(O)cc2)CC(=O)[C@@H]2C[C@@H](O)CN2C(=O)[C@H]([C@@H](C)O)NC1=O. The number of allylic oxidation sites excluding steroid dienone is 4. The van der Waals surface area contributed by atoms with Gasteiger partial charge in [-0.25, -0.2) is 0 Å². The normalized spacial score (nSPS) is 29.5. The summed E-state index contributed by atoms with van der Waals surface area (Å²) in [5.41, 5.74) is -0.0214. The van der Waals surface area contributed by atoms with Crippen molar-refractivity contribution in [1.29, 1.82) is 0 Å². The maximum absolute atomic E-state index is 14.4. The van der Waals surface area contributed by atoms with Crippen LogP contribution in [0.1, 0.15) is 136 Å². The number of ketones is 1. The average molecular weight is 1060 g/mol. The first-order chi connectivity index (χ1) is 35.6. The van der Waals surface area contributed by atoms with Crippen molar-refractivity contribution >= 4 is 41.2 Å². The van der Waals surface area contributed by atoms with E-state index in [9.17, 15) is 79.5 Å². The first-order valence-corrected chi connectivity index (χ1v) is 26.4. The maximum Gasteiger partial charge on any atom is 0.248 e. The highest BCUT2D eigenvalue weighted by Crippen LogP contribution is 2.31. The summed E-state index contributed by atoms with van der Waals surface area (Å²) in [4.78, 5) is 101. The highest BCUT2D eigenvalue weighted by molar-refractivity contribution is 5.98. The van der Waals surface area contributed by atoms with Crippen LogP contribution in [0.15, 0.2) is 48.6 Å². The largest absolute Gasteiger partial charge is 0.508 e. The lowest BCUT2D eigenvalue weighted by atomic mass is 9.86. The van der Waals surface area contributed by atoms with Crippen LogP contribution in [-0.4, -0.2) is 183 Å². The van der Waals surface area contributed by atoms with Crippen LogP contribution in [0, 0.1) is 11.8 Å². The first kappa shape index (κ1) is 62.2. The van der Waals surface area contributed by atoms with Gasteiger partial charge in [-0.05, 0) is 70.1 Å². The third kappa shape index (κ3) is 18.2. The molecule has 4 rings (SSSR count). The molecule has 3 aliphatic heterocycles.